The SMILES string of the molecule is CC=CCOCC(C)(C)N. The van der Waals surface area contributed by atoms with Crippen molar-refractivity contribution in [3.05, 3.63) is 12.2 Å². The number of nitrogens with two attached hydrogens (primary N) is 1. The number of allylic oxidation sites excluding steroid dienone is 1. The zero-order valence-corrected chi connectivity index (χ0v) is 7.05. The van der Waals surface area contributed by atoms with Crippen LogP contribution in [0.15, 0.2) is 12.2 Å². The Kier molecular flexibility index (Phi) is 4.32. The molecule has 0 unspecified atom stereocenters. The molecule has 2 heteroatoms. The van der Waals surface area contributed by atoms with E-state index < -0.39 is 0 Å². The third-order valence-corrected chi connectivity index (χ3v) is 0.924. The number of hydrogen-bond donors (Lipinski definition) is 1. The maximum Gasteiger partial charge on any atom is 0.0648 e. The molecule has 0 aromatic heterocycles. The lowest BCUT2D eigenvalue weighted by Crippen LogP contribution is -2.37. The molecule has 10 heavy (non-hydrogen) atoms. The van der Waals surface area contributed by atoms with Crippen LogP contribution in [-0.2, 0) is 4.74 Å². The Balaban J connectivity index is 3.20. The maximum atomic E-state index is 5.67. The van der Waals surface area contributed by atoms with Crippen LogP contribution in [0.5, 0.6) is 0 Å². The van der Waals surface area contributed by atoms with E-state index in [0.717, 1.165) is 0 Å². The summed E-state index contributed by atoms with van der Waals surface area (Å²) in [5.41, 5.74) is 5.46. The van der Waals surface area contributed by atoms with Crippen LogP contribution >= 0.6 is 0 Å². The second kappa shape index (κ2) is 4.47. The minimum atomic E-state index is -0.207. The molecular formula is C8H17NO. The Morgan fingerprint density at radius 2 is 2.10 bits per heavy atom. The molecule has 0 amide bonds. The van der Waals surface area contributed by atoms with Gasteiger partial charge in [0.25, 0.3) is 0 Å². The molecule has 0 spiro atoms. The largest absolute Gasteiger partial charge is 0.376 e. The Bertz CT molecular complexity index is 102. The van der Waals surface area contributed by atoms with Crippen molar-refractivity contribution in [1.29, 1.82) is 0 Å². The molecule has 0 radical (unpaired) electrons. The van der Waals surface area contributed by atoms with Gasteiger partial charge in [0.1, 0.15) is 0 Å². The Hall–Kier alpha value is -0.340. The van der Waals surface area contributed by atoms with Gasteiger partial charge in [0.2, 0.25) is 0 Å². The predicted octanol–water partition coefficient (Wildman–Crippen LogP) is 1.32. The molecule has 0 aliphatic rings. The van der Waals surface area contributed by atoms with Crippen molar-refractivity contribution in [3.63, 3.8) is 0 Å². The highest BCUT2D eigenvalue weighted by Crippen LogP contribution is 1.96. The van der Waals surface area contributed by atoms with Crippen LogP contribution in [0, 0.1) is 0 Å². The normalized spacial score (nSPS) is 12.8. The van der Waals surface area contributed by atoms with E-state index >= 15 is 0 Å². The average molecular weight is 143 g/mol. The standard InChI is InChI=1S/C8H17NO/c1-4-5-6-10-7-8(2,3)9/h4-5H,6-7,9H2,1-3H3. The van der Waals surface area contributed by atoms with Gasteiger partial charge >= 0.3 is 0 Å². The Morgan fingerprint density at radius 1 is 1.50 bits per heavy atom. The summed E-state index contributed by atoms with van der Waals surface area (Å²) in [4.78, 5) is 0. The molecule has 0 saturated heterocycles. The molecule has 0 heterocycles. The molecule has 2 N–H and O–H groups in total. The zero-order valence-electron chi connectivity index (χ0n) is 7.05. The fourth-order valence-corrected chi connectivity index (χ4v) is 0.486. The van der Waals surface area contributed by atoms with E-state index in [1.165, 1.54) is 0 Å². The van der Waals surface area contributed by atoms with Crippen molar-refractivity contribution in [2.45, 2.75) is 26.3 Å². The summed E-state index contributed by atoms with van der Waals surface area (Å²) in [5.74, 6) is 0. The molecule has 0 aliphatic carbocycles. The van der Waals surface area contributed by atoms with Crippen LogP contribution in [0.3, 0.4) is 0 Å². The minimum Gasteiger partial charge on any atom is -0.376 e. The molecule has 2 nitrogen and oxygen atoms in total. The summed E-state index contributed by atoms with van der Waals surface area (Å²) < 4.78 is 5.23. The van der Waals surface area contributed by atoms with Gasteiger partial charge < -0.3 is 10.5 Å². The van der Waals surface area contributed by atoms with Gasteiger partial charge in [-0.25, -0.2) is 0 Å². The van der Waals surface area contributed by atoms with Gasteiger partial charge in [-0.15, -0.1) is 0 Å². The van der Waals surface area contributed by atoms with Crippen molar-refractivity contribution in [2.75, 3.05) is 13.2 Å². The van der Waals surface area contributed by atoms with E-state index in [-0.39, 0.29) is 5.54 Å². The van der Waals surface area contributed by atoms with E-state index in [9.17, 15) is 0 Å². The zero-order chi connectivity index (χ0) is 8.04. The molecule has 0 aromatic rings. The summed E-state index contributed by atoms with van der Waals surface area (Å²) in [6.45, 7) is 7.14. The second-order valence-electron chi connectivity index (χ2n) is 3.07. The lowest BCUT2D eigenvalue weighted by molar-refractivity contribution is 0.120. The molecule has 0 atom stereocenters. The van der Waals surface area contributed by atoms with E-state index in [1.54, 1.807) is 0 Å². The third-order valence-electron chi connectivity index (χ3n) is 0.924. The van der Waals surface area contributed by atoms with Crippen molar-refractivity contribution in [3.8, 4) is 0 Å². The maximum absolute atomic E-state index is 5.67. The van der Waals surface area contributed by atoms with Crippen LogP contribution in [-0.4, -0.2) is 18.8 Å². The molecule has 60 valence electrons. The van der Waals surface area contributed by atoms with E-state index in [0.29, 0.717) is 13.2 Å². The van der Waals surface area contributed by atoms with Crippen molar-refractivity contribution >= 4 is 0 Å². The summed E-state index contributed by atoms with van der Waals surface area (Å²) in [6.07, 6.45) is 3.93. The van der Waals surface area contributed by atoms with E-state index in [1.807, 2.05) is 32.9 Å². The van der Waals surface area contributed by atoms with Crippen LogP contribution in [0.25, 0.3) is 0 Å². The average Bonchev–Trinajstić information content (AvgIpc) is 1.78. The molecular weight excluding hydrogens is 126 g/mol. The van der Waals surface area contributed by atoms with Gasteiger partial charge in [-0.1, -0.05) is 12.2 Å². The Labute approximate surface area is 63.1 Å². The second-order valence-corrected chi connectivity index (χ2v) is 3.07. The first-order chi connectivity index (χ1) is 4.56. The van der Waals surface area contributed by atoms with Gasteiger partial charge in [-0.2, -0.15) is 0 Å². The number of ether oxygens (including phenoxy) is 1. The van der Waals surface area contributed by atoms with Gasteiger partial charge in [0.05, 0.1) is 13.2 Å². The van der Waals surface area contributed by atoms with Crippen LogP contribution < -0.4 is 5.73 Å². The molecule has 0 saturated carbocycles. The fourth-order valence-electron chi connectivity index (χ4n) is 0.486. The fraction of sp³-hybridized carbons (Fsp3) is 0.750. The first-order valence-electron chi connectivity index (χ1n) is 3.54. The summed E-state index contributed by atoms with van der Waals surface area (Å²) in [5, 5.41) is 0. The number of rotatable bonds is 4. The first kappa shape index (κ1) is 9.66. The minimum absolute atomic E-state index is 0.207. The lowest BCUT2D eigenvalue weighted by Gasteiger charge is -2.17. The Morgan fingerprint density at radius 3 is 2.50 bits per heavy atom. The summed E-state index contributed by atoms with van der Waals surface area (Å²) >= 11 is 0. The highest BCUT2D eigenvalue weighted by Gasteiger charge is 2.08. The lowest BCUT2D eigenvalue weighted by atomic mass is 10.1. The van der Waals surface area contributed by atoms with Gasteiger partial charge in [0, 0.05) is 5.54 Å². The third kappa shape index (κ3) is 7.66. The summed E-state index contributed by atoms with van der Waals surface area (Å²) in [6, 6.07) is 0. The highest BCUT2D eigenvalue weighted by atomic mass is 16.5. The molecule has 0 aliphatic heterocycles. The quantitative estimate of drug-likeness (QED) is 0.476. The van der Waals surface area contributed by atoms with Crippen molar-refractivity contribution in [1.82, 2.24) is 0 Å². The molecule has 0 fully saturated rings. The smallest absolute Gasteiger partial charge is 0.0648 e. The van der Waals surface area contributed by atoms with Crippen LogP contribution in [0.4, 0.5) is 0 Å². The summed E-state index contributed by atoms with van der Waals surface area (Å²) in [7, 11) is 0. The van der Waals surface area contributed by atoms with Crippen molar-refractivity contribution in [2.24, 2.45) is 5.73 Å². The molecule has 0 rings (SSSR count). The predicted molar refractivity (Wildman–Crippen MR) is 43.9 cm³/mol. The molecule has 0 aromatic carbocycles. The molecule has 0 bridgehead atoms. The van der Waals surface area contributed by atoms with Gasteiger partial charge in [0.15, 0.2) is 0 Å². The van der Waals surface area contributed by atoms with Gasteiger partial charge in [-0.3, -0.25) is 0 Å². The van der Waals surface area contributed by atoms with Gasteiger partial charge in [-0.05, 0) is 20.8 Å². The number of hydrogen-bond acceptors (Lipinski definition) is 2. The highest BCUT2D eigenvalue weighted by molar-refractivity contribution is 4.77. The monoisotopic (exact) mass is 143 g/mol. The topological polar surface area (TPSA) is 35.2 Å². The van der Waals surface area contributed by atoms with Crippen LogP contribution in [0.2, 0.25) is 0 Å². The first-order valence-corrected chi connectivity index (χ1v) is 3.54. The van der Waals surface area contributed by atoms with E-state index in [2.05, 4.69) is 0 Å². The van der Waals surface area contributed by atoms with E-state index in [4.69, 9.17) is 10.5 Å². The van der Waals surface area contributed by atoms with Crippen LogP contribution in [0.1, 0.15) is 20.8 Å². The van der Waals surface area contributed by atoms with Crippen molar-refractivity contribution < 1.29 is 4.74 Å².